The molecule has 0 aliphatic rings. The van der Waals surface area contributed by atoms with Gasteiger partial charge in [-0.2, -0.15) is 0 Å². The van der Waals surface area contributed by atoms with Gasteiger partial charge in [0.25, 0.3) is 0 Å². The van der Waals surface area contributed by atoms with E-state index in [0.717, 1.165) is 32.1 Å². The number of nitrogens with zero attached hydrogens (tertiary/aromatic N) is 1. The van der Waals surface area contributed by atoms with Gasteiger partial charge in [0.2, 0.25) is 6.04 Å². The first-order valence-corrected chi connectivity index (χ1v) is 9.17. The molecular weight excluding hydrogens is 290 g/mol. The van der Waals surface area contributed by atoms with Gasteiger partial charge in [0.1, 0.15) is 6.10 Å². The van der Waals surface area contributed by atoms with Crippen LogP contribution in [0, 0.1) is 33.3 Å². The lowest BCUT2D eigenvalue weighted by atomic mass is 9.75. The lowest BCUT2D eigenvalue weighted by Crippen LogP contribution is -2.47. The van der Waals surface area contributed by atoms with Gasteiger partial charge in [-0.25, -0.2) is 0 Å². The summed E-state index contributed by atoms with van der Waals surface area (Å²) in [5, 5.41) is 11.8. The van der Waals surface area contributed by atoms with E-state index >= 15 is 0 Å². The van der Waals surface area contributed by atoms with Gasteiger partial charge < -0.3 is 4.74 Å². The Hall–Kier alpha value is -0.640. The number of nitro groups is 1. The average Bonchev–Trinajstić information content (AvgIpc) is 2.35. The first kappa shape index (κ1) is 22.4. The first-order chi connectivity index (χ1) is 10.5. The van der Waals surface area contributed by atoms with Gasteiger partial charge in [0.05, 0.1) is 0 Å². The second kappa shape index (κ2) is 10.3. The summed E-state index contributed by atoms with van der Waals surface area (Å²) in [6, 6.07) is -0.644. The molecule has 4 heteroatoms. The van der Waals surface area contributed by atoms with Crippen molar-refractivity contribution in [2.45, 2.75) is 92.7 Å². The van der Waals surface area contributed by atoms with Crippen LogP contribution in [0.15, 0.2) is 0 Å². The molecule has 0 heterocycles. The Balaban J connectivity index is 4.98. The zero-order valence-electron chi connectivity index (χ0n) is 16.6. The van der Waals surface area contributed by atoms with Crippen LogP contribution in [0.2, 0.25) is 0 Å². The number of hydrogen-bond acceptors (Lipinski definition) is 3. The third kappa shape index (κ3) is 8.69. The van der Waals surface area contributed by atoms with Crippen LogP contribution in [0.5, 0.6) is 0 Å². The monoisotopic (exact) mass is 329 g/mol. The van der Waals surface area contributed by atoms with Crippen molar-refractivity contribution in [3.63, 3.8) is 0 Å². The molecule has 0 radical (unpaired) electrons. The van der Waals surface area contributed by atoms with Gasteiger partial charge in [-0.15, -0.1) is 0 Å². The Morgan fingerprint density at radius 2 is 1.61 bits per heavy atom. The maximum absolute atomic E-state index is 11.8. The van der Waals surface area contributed by atoms with Crippen LogP contribution in [0.25, 0.3) is 0 Å². The summed E-state index contributed by atoms with van der Waals surface area (Å²) in [7, 11) is 1.62. The minimum Gasteiger partial charge on any atom is -0.374 e. The van der Waals surface area contributed by atoms with Crippen LogP contribution in [-0.4, -0.2) is 24.2 Å². The zero-order valence-corrected chi connectivity index (χ0v) is 16.6. The zero-order chi connectivity index (χ0) is 18.2. The van der Waals surface area contributed by atoms with Crippen LogP contribution in [0.1, 0.15) is 80.6 Å². The molecule has 0 saturated carbocycles. The van der Waals surface area contributed by atoms with Crippen molar-refractivity contribution >= 4 is 0 Å². The van der Waals surface area contributed by atoms with E-state index in [9.17, 15) is 10.1 Å². The molecule has 0 N–H and O–H groups in total. The predicted molar refractivity (Wildman–Crippen MR) is 97.3 cm³/mol. The highest BCUT2D eigenvalue weighted by molar-refractivity contribution is 4.86. The van der Waals surface area contributed by atoms with Crippen LogP contribution in [0.4, 0.5) is 0 Å². The van der Waals surface area contributed by atoms with Crippen molar-refractivity contribution < 1.29 is 9.66 Å². The molecule has 23 heavy (non-hydrogen) atoms. The minimum atomic E-state index is -0.644. The molecule has 138 valence electrons. The van der Waals surface area contributed by atoms with E-state index in [-0.39, 0.29) is 16.4 Å². The summed E-state index contributed by atoms with van der Waals surface area (Å²) >= 11 is 0. The topological polar surface area (TPSA) is 52.4 Å². The Morgan fingerprint density at radius 1 is 1.04 bits per heavy atom. The van der Waals surface area contributed by atoms with Gasteiger partial charge >= 0.3 is 0 Å². The average molecular weight is 330 g/mol. The van der Waals surface area contributed by atoms with E-state index in [4.69, 9.17) is 4.74 Å². The van der Waals surface area contributed by atoms with Crippen molar-refractivity contribution in [1.29, 1.82) is 0 Å². The van der Waals surface area contributed by atoms with Gasteiger partial charge in [-0.3, -0.25) is 10.1 Å². The molecule has 4 nitrogen and oxygen atoms in total. The summed E-state index contributed by atoms with van der Waals surface area (Å²) in [4.78, 5) is 11.7. The van der Waals surface area contributed by atoms with Crippen molar-refractivity contribution in [2.24, 2.45) is 23.2 Å². The number of ether oxygens (including phenoxy) is 1. The number of rotatable bonds is 12. The normalized spacial score (nSPS) is 16.6. The molecule has 0 bridgehead atoms. The lowest BCUT2D eigenvalue weighted by molar-refractivity contribution is -0.554. The summed E-state index contributed by atoms with van der Waals surface area (Å²) in [5.74, 6) is 1.69. The van der Waals surface area contributed by atoms with Crippen LogP contribution >= 0.6 is 0 Å². The fourth-order valence-electron chi connectivity index (χ4n) is 3.69. The highest BCUT2D eigenvalue weighted by atomic mass is 16.6. The Bertz CT molecular complexity index is 340. The SMILES string of the molecule is COC(C[C@H](C)CC(C)C)C([N+](=O)[O-])C(C)(C)CCCC(C)C. The standard InChI is InChI=1S/C19H39NO3/c1-14(2)10-9-11-19(6,7)18(20(21)22)17(23-8)13-16(5)12-15(3)4/h14-18H,9-13H2,1-8H3/t16-,17?,18?/m1/s1. The second-order valence-electron chi connectivity index (χ2n) is 8.75. The maximum Gasteiger partial charge on any atom is 0.243 e. The van der Waals surface area contributed by atoms with E-state index in [1.165, 1.54) is 0 Å². The van der Waals surface area contributed by atoms with E-state index in [0.29, 0.717) is 17.8 Å². The minimum absolute atomic E-state index is 0.106. The third-order valence-electron chi connectivity index (χ3n) is 4.79. The van der Waals surface area contributed by atoms with Crippen molar-refractivity contribution in [3.8, 4) is 0 Å². The van der Waals surface area contributed by atoms with Crippen LogP contribution < -0.4 is 0 Å². The Labute approximate surface area is 143 Å². The maximum atomic E-state index is 11.8. The fraction of sp³-hybridized carbons (Fsp3) is 1.00. The number of hydrogen-bond donors (Lipinski definition) is 0. The Morgan fingerprint density at radius 3 is 2.00 bits per heavy atom. The van der Waals surface area contributed by atoms with E-state index in [1.807, 2.05) is 13.8 Å². The molecule has 0 aliphatic carbocycles. The predicted octanol–water partition coefficient (Wildman–Crippen LogP) is 5.57. The molecule has 0 aliphatic heterocycles. The van der Waals surface area contributed by atoms with Crippen molar-refractivity contribution in [3.05, 3.63) is 10.1 Å². The molecule has 0 aromatic rings. The molecule has 0 aromatic heterocycles. The summed E-state index contributed by atoms with van der Waals surface area (Å²) in [6.45, 7) is 15.0. The summed E-state index contributed by atoms with van der Waals surface area (Å²) < 4.78 is 5.60. The summed E-state index contributed by atoms with van der Waals surface area (Å²) in [6.07, 6.45) is 4.55. The fourth-order valence-corrected chi connectivity index (χ4v) is 3.69. The van der Waals surface area contributed by atoms with Gasteiger partial charge in [-0.1, -0.05) is 61.3 Å². The highest BCUT2D eigenvalue weighted by Gasteiger charge is 2.45. The molecule has 3 atom stereocenters. The molecule has 0 saturated heterocycles. The van der Waals surface area contributed by atoms with E-state index in [2.05, 4.69) is 34.6 Å². The first-order valence-electron chi connectivity index (χ1n) is 9.17. The Kier molecular flexibility index (Phi) is 9.99. The van der Waals surface area contributed by atoms with Crippen LogP contribution in [0.3, 0.4) is 0 Å². The van der Waals surface area contributed by atoms with Gasteiger partial charge in [-0.05, 0) is 37.0 Å². The quantitative estimate of drug-likeness (QED) is 0.347. The second-order valence-corrected chi connectivity index (χ2v) is 8.75. The third-order valence-corrected chi connectivity index (χ3v) is 4.79. The summed E-state index contributed by atoms with van der Waals surface area (Å²) in [5.41, 5.74) is -0.351. The van der Waals surface area contributed by atoms with Crippen molar-refractivity contribution in [2.75, 3.05) is 7.11 Å². The van der Waals surface area contributed by atoms with E-state index < -0.39 is 6.04 Å². The molecule has 2 unspecified atom stereocenters. The molecule has 0 amide bonds. The number of methoxy groups -OCH3 is 1. The highest BCUT2D eigenvalue weighted by Crippen LogP contribution is 2.35. The molecule has 0 fully saturated rings. The smallest absolute Gasteiger partial charge is 0.243 e. The largest absolute Gasteiger partial charge is 0.374 e. The van der Waals surface area contributed by atoms with Crippen LogP contribution in [-0.2, 0) is 4.74 Å². The molecule has 0 rings (SSSR count). The van der Waals surface area contributed by atoms with Crippen molar-refractivity contribution in [1.82, 2.24) is 0 Å². The molecule has 0 aromatic carbocycles. The van der Waals surface area contributed by atoms with E-state index in [1.54, 1.807) is 7.11 Å². The molecule has 0 spiro atoms. The van der Waals surface area contributed by atoms with Gasteiger partial charge in [0, 0.05) is 17.4 Å². The van der Waals surface area contributed by atoms with Gasteiger partial charge in [0.15, 0.2) is 0 Å². The lowest BCUT2D eigenvalue weighted by Gasteiger charge is -2.34. The molecular formula is C19H39NO3.